The summed E-state index contributed by atoms with van der Waals surface area (Å²) < 4.78 is 144. The minimum Gasteiger partial charge on any atom is -0.429 e. The Balaban J connectivity index is 1.58. The summed E-state index contributed by atoms with van der Waals surface area (Å²) in [6.07, 6.45) is -9.41. The van der Waals surface area contributed by atoms with Crippen LogP contribution in [0.3, 0.4) is 0 Å². The first-order valence-corrected chi connectivity index (χ1v) is 12.2. The lowest BCUT2D eigenvalue weighted by atomic mass is 9.96. The van der Waals surface area contributed by atoms with Crippen molar-refractivity contribution < 1.29 is 53.7 Å². The van der Waals surface area contributed by atoms with Crippen molar-refractivity contribution in [1.29, 1.82) is 5.26 Å². The number of nitrogens with zero attached hydrogens (tertiary/aromatic N) is 1. The van der Waals surface area contributed by atoms with Gasteiger partial charge < -0.3 is 14.2 Å². The summed E-state index contributed by atoms with van der Waals surface area (Å²) in [6, 6.07) is 5.54. The van der Waals surface area contributed by atoms with Crippen molar-refractivity contribution >= 4 is 0 Å². The molecule has 13 heteroatoms. The third-order valence-corrected chi connectivity index (χ3v) is 6.32. The highest BCUT2D eigenvalue weighted by Crippen LogP contribution is 2.42. The van der Waals surface area contributed by atoms with E-state index in [-0.39, 0.29) is 30.8 Å². The topological polar surface area (TPSA) is 51.5 Å². The van der Waals surface area contributed by atoms with Gasteiger partial charge in [0.05, 0.1) is 13.2 Å². The Morgan fingerprint density at radius 3 is 1.98 bits per heavy atom. The highest BCUT2D eigenvalue weighted by atomic mass is 19.4. The summed E-state index contributed by atoms with van der Waals surface area (Å²) in [5, 5.41) is 8.79. The smallest absolute Gasteiger partial charge is 0.429 e. The van der Waals surface area contributed by atoms with Crippen molar-refractivity contribution in [3.05, 3.63) is 88.0 Å². The maximum atomic E-state index is 14.9. The van der Waals surface area contributed by atoms with Gasteiger partial charge in [-0.25, -0.2) is 17.6 Å². The average Bonchev–Trinajstić information content (AvgIpc) is 2.88. The molecule has 0 aliphatic carbocycles. The molecule has 0 saturated carbocycles. The molecule has 1 aliphatic rings. The van der Waals surface area contributed by atoms with E-state index in [4.69, 9.17) is 14.7 Å². The summed E-state index contributed by atoms with van der Waals surface area (Å²) >= 11 is 0. The van der Waals surface area contributed by atoms with Gasteiger partial charge in [0.25, 0.3) is 0 Å². The second kappa shape index (κ2) is 11.6. The predicted octanol–water partition coefficient (Wildman–Crippen LogP) is 8.39. The molecule has 218 valence electrons. The zero-order valence-electron chi connectivity index (χ0n) is 21.1. The standard InChI is InChI=1S/C28H20F9NO3/c1-2-3-14-12-39-26(40-13-14)16-8-21(30)24(22(31)9-16)28(36,37)41-17-6-4-15(5-7-17)18-10-20(29)19(11-38)25(32)23(18)27(33,34)35/h4-10,14,26H,2-3,12-13H2,1H3. The van der Waals surface area contributed by atoms with Gasteiger partial charge in [0, 0.05) is 11.5 Å². The first kappa shape index (κ1) is 30.2. The SMILES string of the molecule is CCCC1COC(c2cc(F)c(C(F)(F)Oc3ccc(-c4cc(F)c(C#N)c(F)c4C(F)(F)F)cc3)c(F)c2)OC1. The van der Waals surface area contributed by atoms with Crippen LogP contribution in [0.25, 0.3) is 11.1 Å². The van der Waals surface area contributed by atoms with Gasteiger partial charge in [-0.15, -0.1) is 0 Å². The van der Waals surface area contributed by atoms with Crippen molar-refractivity contribution in [3.8, 4) is 22.9 Å². The van der Waals surface area contributed by atoms with E-state index in [0.29, 0.717) is 12.1 Å². The van der Waals surface area contributed by atoms with Crippen LogP contribution in [0.1, 0.15) is 48.3 Å². The molecule has 3 aromatic rings. The second-order valence-electron chi connectivity index (χ2n) is 9.24. The van der Waals surface area contributed by atoms with E-state index in [1.54, 1.807) is 0 Å². The molecule has 4 rings (SSSR count). The van der Waals surface area contributed by atoms with Crippen LogP contribution in [-0.2, 0) is 21.8 Å². The van der Waals surface area contributed by atoms with E-state index >= 15 is 0 Å². The highest BCUT2D eigenvalue weighted by Gasteiger charge is 2.42. The summed E-state index contributed by atoms with van der Waals surface area (Å²) in [4.78, 5) is 0. The molecule has 3 aromatic carbocycles. The quantitative estimate of drug-likeness (QED) is 0.260. The third kappa shape index (κ3) is 6.28. The zero-order chi connectivity index (χ0) is 30.1. The summed E-state index contributed by atoms with van der Waals surface area (Å²) in [5.74, 6) is -7.68. The monoisotopic (exact) mass is 589 g/mol. The number of halogens is 9. The fourth-order valence-corrected chi connectivity index (χ4v) is 4.45. The van der Waals surface area contributed by atoms with Crippen LogP contribution in [0.15, 0.2) is 42.5 Å². The Morgan fingerprint density at radius 2 is 1.46 bits per heavy atom. The van der Waals surface area contributed by atoms with Crippen molar-refractivity contribution in [3.63, 3.8) is 0 Å². The van der Waals surface area contributed by atoms with E-state index in [1.807, 2.05) is 6.92 Å². The van der Waals surface area contributed by atoms with Crippen molar-refractivity contribution in [2.24, 2.45) is 5.92 Å². The van der Waals surface area contributed by atoms with Crippen LogP contribution in [0.5, 0.6) is 5.75 Å². The lowest BCUT2D eigenvalue weighted by Gasteiger charge is -2.30. The number of rotatable bonds is 7. The Labute approximate surface area is 227 Å². The second-order valence-corrected chi connectivity index (χ2v) is 9.24. The fourth-order valence-electron chi connectivity index (χ4n) is 4.45. The first-order valence-electron chi connectivity index (χ1n) is 12.2. The minimum absolute atomic E-state index is 0.0874. The number of nitriles is 1. The summed E-state index contributed by atoms with van der Waals surface area (Å²) in [6.45, 7) is 2.48. The van der Waals surface area contributed by atoms with Crippen LogP contribution in [0.4, 0.5) is 39.5 Å². The molecule has 41 heavy (non-hydrogen) atoms. The van der Waals surface area contributed by atoms with Crippen LogP contribution < -0.4 is 4.74 Å². The molecule has 0 atom stereocenters. The molecular formula is C28H20F9NO3. The van der Waals surface area contributed by atoms with Gasteiger partial charge in [0.15, 0.2) is 12.1 Å². The van der Waals surface area contributed by atoms with Crippen molar-refractivity contribution in [2.75, 3.05) is 13.2 Å². The van der Waals surface area contributed by atoms with E-state index in [0.717, 1.165) is 43.2 Å². The molecule has 0 radical (unpaired) electrons. The van der Waals surface area contributed by atoms with Crippen molar-refractivity contribution in [1.82, 2.24) is 0 Å². The summed E-state index contributed by atoms with van der Waals surface area (Å²) in [7, 11) is 0. The fraction of sp³-hybridized carbons (Fsp3) is 0.321. The molecule has 0 unspecified atom stereocenters. The molecule has 0 bridgehead atoms. The van der Waals surface area contributed by atoms with Gasteiger partial charge in [-0.3, -0.25) is 0 Å². The van der Waals surface area contributed by atoms with E-state index in [9.17, 15) is 39.5 Å². The number of alkyl halides is 5. The highest BCUT2D eigenvalue weighted by molar-refractivity contribution is 5.70. The van der Waals surface area contributed by atoms with Gasteiger partial charge >= 0.3 is 12.3 Å². The van der Waals surface area contributed by atoms with Gasteiger partial charge in [0.1, 0.15) is 46.0 Å². The van der Waals surface area contributed by atoms with Crippen LogP contribution in [-0.4, -0.2) is 13.2 Å². The minimum atomic E-state index is -5.34. The Morgan fingerprint density at radius 1 is 0.878 bits per heavy atom. The zero-order valence-corrected chi connectivity index (χ0v) is 21.1. The Bertz CT molecular complexity index is 1440. The molecule has 0 amide bonds. The maximum Gasteiger partial charge on any atom is 0.432 e. The normalized spacial score (nSPS) is 17.8. The number of hydrogen-bond donors (Lipinski definition) is 0. The maximum absolute atomic E-state index is 14.9. The molecule has 1 aliphatic heterocycles. The van der Waals surface area contributed by atoms with E-state index < -0.39 is 75.4 Å². The Hall–Kier alpha value is -3.76. The van der Waals surface area contributed by atoms with E-state index in [2.05, 4.69) is 4.74 Å². The summed E-state index contributed by atoms with van der Waals surface area (Å²) in [5.41, 5.74) is -6.76. The molecule has 0 aromatic heterocycles. The molecule has 1 heterocycles. The van der Waals surface area contributed by atoms with Crippen molar-refractivity contribution in [2.45, 2.75) is 38.3 Å². The number of ether oxygens (including phenoxy) is 3. The molecule has 1 fully saturated rings. The Kier molecular flexibility index (Phi) is 8.56. The largest absolute Gasteiger partial charge is 0.432 e. The van der Waals surface area contributed by atoms with Crippen LogP contribution in [0, 0.1) is 40.5 Å². The van der Waals surface area contributed by atoms with Gasteiger partial charge in [-0.1, -0.05) is 25.5 Å². The molecule has 4 nitrogen and oxygen atoms in total. The molecule has 1 saturated heterocycles. The lowest BCUT2D eigenvalue weighted by Crippen LogP contribution is -2.28. The third-order valence-electron chi connectivity index (χ3n) is 6.32. The van der Waals surface area contributed by atoms with Gasteiger partial charge in [-0.05, 0) is 47.9 Å². The molecular weight excluding hydrogens is 569 g/mol. The van der Waals surface area contributed by atoms with E-state index in [1.165, 1.54) is 0 Å². The first-order chi connectivity index (χ1) is 19.3. The molecule has 0 spiro atoms. The van der Waals surface area contributed by atoms with Gasteiger partial charge in [-0.2, -0.15) is 27.2 Å². The number of benzene rings is 3. The number of hydrogen-bond acceptors (Lipinski definition) is 4. The van der Waals surface area contributed by atoms with Crippen LogP contribution >= 0.6 is 0 Å². The average molecular weight is 589 g/mol. The van der Waals surface area contributed by atoms with Gasteiger partial charge in [0.2, 0.25) is 0 Å². The molecule has 0 N–H and O–H groups in total. The van der Waals surface area contributed by atoms with Crippen LogP contribution in [0.2, 0.25) is 0 Å². The predicted molar refractivity (Wildman–Crippen MR) is 125 cm³/mol. The lowest BCUT2D eigenvalue weighted by molar-refractivity contribution is -0.206.